The van der Waals surface area contributed by atoms with E-state index in [0.29, 0.717) is 12.5 Å². The van der Waals surface area contributed by atoms with Crippen LogP contribution in [-0.4, -0.2) is 22.6 Å². The van der Waals surface area contributed by atoms with Crippen LogP contribution in [0, 0.1) is 16.0 Å². The van der Waals surface area contributed by atoms with Crippen LogP contribution in [0.3, 0.4) is 0 Å². The van der Waals surface area contributed by atoms with Crippen molar-refractivity contribution in [1.29, 1.82) is 0 Å². The fourth-order valence-corrected chi connectivity index (χ4v) is 2.13. The first-order chi connectivity index (χ1) is 8.16. The summed E-state index contributed by atoms with van der Waals surface area (Å²) in [6, 6.07) is 2.51. The summed E-state index contributed by atoms with van der Waals surface area (Å²) < 4.78 is 1.44. The third-order valence-corrected chi connectivity index (χ3v) is 3.03. The molecule has 0 aliphatic carbocycles. The molecule has 1 aliphatic rings. The molecule has 6 nitrogen and oxygen atoms in total. The van der Waals surface area contributed by atoms with Crippen molar-refractivity contribution in [3.8, 4) is 0 Å². The number of nitrogens with zero attached hydrogens (tertiary/aromatic N) is 2. The van der Waals surface area contributed by atoms with Crippen molar-refractivity contribution in [2.75, 3.05) is 13.1 Å². The smallest absolute Gasteiger partial charge is 0.285 e. The number of nitrogens with one attached hydrogen (secondary N) is 1. The Labute approximate surface area is 98.4 Å². The lowest BCUT2D eigenvalue weighted by atomic mass is 10.00. The van der Waals surface area contributed by atoms with Crippen molar-refractivity contribution < 1.29 is 4.92 Å². The quantitative estimate of drug-likeness (QED) is 0.621. The molecule has 0 saturated carbocycles. The third-order valence-electron chi connectivity index (χ3n) is 3.03. The molecule has 1 fully saturated rings. The van der Waals surface area contributed by atoms with Crippen LogP contribution in [0.15, 0.2) is 23.1 Å². The standard InChI is InChI=1S/C11H15N3O3/c15-11-4-3-10(14(16)17)8-13(11)7-9-2-1-5-12-6-9/h3-4,8-9,12H,1-2,5-7H2. The van der Waals surface area contributed by atoms with E-state index in [1.54, 1.807) is 0 Å². The van der Waals surface area contributed by atoms with Gasteiger partial charge in [-0.15, -0.1) is 0 Å². The van der Waals surface area contributed by atoms with Crippen LogP contribution >= 0.6 is 0 Å². The average molecular weight is 237 g/mol. The normalized spacial score (nSPS) is 20.1. The van der Waals surface area contributed by atoms with E-state index in [9.17, 15) is 14.9 Å². The van der Waals surface area contributed by atoms with Crippen LogP contribution in [-0.2, 0) is 6.54 Å². The van der Waals surface area contributed by atoms with Gasteiger partial charge < -0.3 is 9.88 Å². The third kappa shape index (κ3) is 2.91. The Kier molecular flexibility index (Phi) is 3.53. The zero-order valence-electron chi connectivity index (χ0n) is 9.46. The molecule has 1 atom stereocenters. The minimum Gasteiger partial charge on any atom is -0.316 e. The summed E-state index contributed by atoms with van der Waals surface area (Å²) in [4.78, 5) is 21.7. The van der Waals surface area contributed by atoms with Gasteiger partial charge in [-0.05, 0) is 31.8 Å². The summed E-state index contributed by atoms with van der Waals surface area (Å²) in [6.45, 7) is 2.43. The molecule has 6 heteroatoms. The number of hydrogen-bond acceptors (Lipinski definition) is 4. The molecule has 17 heavy (non-hydrogen) atoms. The van der Waals surface area contributed by atoms with E-state index in [-0.39, 0.29) is 11.2 Å². The van der Waals surface area contributed by atoms with Crippen LogP contribution in [0.1, 0.15) is 12.8 Å². The second-order valence-corrected chi connectivity index (χ2v) is 4.35. The van der Waals surface area contributed by atoms with E-state index >= 15 is 0 Å². The maximum atomic E-state index is 11.6. The molecule has 1 unspecified atom stereocenters. The van der Waals surface area contributed by atoms with Crippen molar-refractivity contribution in [3.63, 3.8) is 0 Å². The molecule has 0 radical (unpaired) electrons. The number of piperidine rings is 1. The fraction of sp³-hybridized carbons (Fsp3) is 0.545. The maximum absolute atomic E-state index is 11.6. The first-order valence-electron chi connectivity index (χ1n) is 5.72. The van der Waals surface area contributed by atoms with Gasteiger partial charge in [-0.25, -0.2) is 0 Å². The van der Waals surface area contributed by atoms with Gasteiger partial charge in [0.25, 0.3) is 11.2 Å². The SMILES string of the molecule is O=c1ccc([N+](=O)[O-])cn1CC1CCCNC1. The van der Waals surface area contributed by atoms with E-state index in [1.165, 1.54) is 22.9 Å². The highest BCUT2D eigenvalue weighted by Gasteiger charge is 2.15. The minimum absolute atomic E-state index is 0.0339. The van der Waals surface area contributed by atoms with E-state index < -0.39 is 4.92 Å². The summed E-state index contributed by atoms with van der Waals surface area (Å²) in [5.41, 5.74) is -0.213. The first-order valence-corrected chi connectivity index (χ1v) is 5.72. The van der Waals surface area contributed by atoms with Gasteiger partial charge in [-0.2, -0.15) is 0 Å². The van der Waals surface area contributed by atoms with Crippen molar-refractivity contribution in [2.45, 2.75) is 19.4 Å². The van der Waals surface area contributed by atoms with Crippen molar-refractivity contribution in [1.82, 2.24) is 9.88 Å². The molecule has 2 heterocycles. The van der Waals surface area contributed by atoms with E-state index in [4.69, 9.17) is 0 Å². The highest BCUT2D eigenvalue weighted by molar-refractivity contribution is 5.24. The minimum atomic E-state index is -0.477. The number of nitro groups is 1. The Balaban J connectivity index is 2.16. The molecule has 2 rings (SSSR count). The fourth-order valence-electron chi connectivity index (χ4n) is 2.13. The highest BCUT2D eigenvalue weighted by atomic mass is 16.6. The van der Waals surface area contributed by atoms with Crippen LogP contribution < -0.4 is 10.9 Å². The average Bonchev–Trinajstić information content (AvgIpc) is 2.33. The largest absolute Gasteiger partial charge is 0.316 e. The molecule has 1 saturated heterocycles. The lowest BCUT2D eigenvalue weighted by Gasteiger charge is -2.23. The second kappa shape index (κ2) is 5.09. The molecule has 0 spiro atoms. The van der Waals surface area contributed by atoms with Crippen molar-refractivity contribution in [2.24, 2.45) is 5.92 Å². The summed E-state index contributed by atoms with van der Waals surface area (Å²) in [7, 11) is 0. The second-order valence-electron chi connectivity index (χ2n) is 4.35. The zero-order chi connectivity index (χ0) is 12.3. The Hall–Kier alpha value is -1.69. The molecule has 0 amide bonds. The van der Waals surface area contributed by atoms with Gasteiger partial charge in [-0.1, -0.05) is 0 Å². The van der Waals surface area contributed by atoms with Gasteiger partial charge in [0.05, 0.1) is 11.1 Å². The van der Waals surface area contributed by atoms with E-state index in [2.05, 4.69) is 5.32 Å². The summed E-state index contributed by atoms with van der Waals surface area (Å²) in [5, 5.41) is 13.9. The number of rotatable bonds is 3. The topological polar surface area (TPSA) is 77.2 Å². The van der Waals surface area contributed by atoms with Crippen LogP contribution in [0.25, 0.3) is 0 Å². The number of pyridine rings is 1. The molecular weight excluding hydrogens is 222 g/mol. The molecule has 1 N–H and O–H groups in total. The van der Waals surface area contributed by atoms with Gasteiger partial charge in [-0.3, -0.25) is 14.9 Å². The monoisotopic (exact) mass is 237 g/mol. The predicted octanol–water partition coefficient (Wildman–Crippen LogP) is 0.756. The Morgan fingerprint density at radius 1 is 1.53 bits per heavy atom. The molecule has 1 aromatic heterocycles. The first kappa shape index (κ1) is 11.8. The lowest BCUT2D eigenvalue weighted by molar-refractivity contribution is -0.385. The van der Waals surface area contributed by atoms with Crippen molar-refractivity contribution in [3.05, 3.63) is 38.8 Å². The summed E-state index contributed by atoms with van der Waals surface area (Å²) in [5.74, 6) is 0.378. The molecule has 0 bridgehead atoms. The predicted molar refractivity (Wildman–Crippen MR) is 63.0 cm³/mol. The molecule has 1 aromatic rings. The Morgan fingerprint density at radius 2 is 2.35 bits per heavy atom. The van der Waals surface area contributed by atoms with Crippen LogP contribution in [0.2, 0.25) is 0 Å². The van der Waals surface area contributed by atoms with Crippen LogP contribution in [0.5, 0.6) is 0 Å². The number of hydrogen-bond donors (Lipinski definition) is 1. The van der Waals surface area contributed by atoms with Gasteiger partial charge in [0.2, 0.25) is 0 Å². The van der Waals surface area contributed by atoms with Gasteiger partial charge in [0.1, 0.15) is 0 Å². The molecular formula is C11H15N3O3. The molecule has 0 aromatic carbocycles. The lowest BCUT2D eigenvalue weighted by Crippen LogP contribution is -2.34. The van der Waals surface area contributed by atoms with Gasteiger partial charge >= 0.3 is 0 Å². The number of aromatic nitrogens is 1. The highest BCUT2D eigenvalue weighted by Crippen LogP contribution is 2.13. The maximum Gasteiger partial charge on any atom is 0.285 e. The Morgan fingerprint density at radius 3 is 3.00 bits per heavy atom. The van der Waals surface area contributed by atoms with Gasteiger partial charge in [0, 0.05) is 18.7 Å². The summed E-state index contributed by atoms with van der Waals surface area (Å²) >= 11 is 0. The van der Waals surface area contributed by atoms with Gasteiger partial charge in [0.15, 0.2) is 0 Å². The van der Waals surface area contributed by atoms with Crippen molar-refractivity contribution >= 4 is 5.69 Å². The molecule has 92 valence electrons. The van der Waals surface area contributed by atoms with Crippen LogP contribution in [0.4, 0.5) is 5.69 Å². The molecule has 1 aliphatic heterocycles. The zero-order valence-corrected chi connectivity index (χ0v) is 9.46. The summed E-state index contributed by atoms with van der Waals surface area (Å²) in [6.07, 6.45) is 3.48. The van der Waals surface area contributed by atoms with E-state index in [0.717, 1.165) is 25.9 Å². The van der Waals surface area contributed by atoms with E-state index in [1.807, 2.05) is 0 Å². The Bertz CT molecular complexity index is 463.